The van der Waals surface area contributed by atoms with Crippen LogP contribution in [0.3, 0.4) is 0 Å². The largest absolute Gasteiger partial charge is 0.486 e. The number of aryl methyl sites for hydroxylation is 4. The van der Waals surface area contributed by atoms with E-state index in [1.807, 2.05) is 81.0 Å². The first-order chi connectivity index (χ1) is 21.9. The summed E-state index contributed by atoms with van der Waals surface area (Å²) in [5.74, 6) is 0. The van der Waals surface area contributed by atoms with Crippen LogP contribution in [-0.2, 0) is 20.1 Å². The second-order valence-electron chi connectivity index (χ2n) is 11.3. The molecule has 0 atom stereocenters. The summed E-state index contributed by atoms with van der Waals surface area (Å²) in [5, 5.41) is 3.15. The molecule has 0 fully saturated rings. The summed E-state index contributed by atoms with van der Waals surface area (Å²) in [4.78, 5) is 18.0. The summed E-state index contributed by atoms with van der Waals surface area (Å²) in [7, 11) is 0. The molecule has 6 heteroatoms. The fourth-order valence-electron chi connectivity index (χ4n) is 5.46. The molecule has 3 aromatic carbocycles. The molecule has 5 heterocycles. The molecule has 5 nitrogen and oxygen atoms in total. The third-order valence-electron chi connectivity index (χ3n) is 7.87. The topological polar surface area (TPSA) is 64.7 Å². The standard InChI is InChI=1S/C27H18N3O.C13H12N.Ir/c1-16-13-24-19(5-4-11-28-24)14-23(16)18-10-12-29-25(15-18)22-7-3-6-20-21-9-8-17(2)30-27(21)31-26(20)22;1-10-3-6-12(7-4-10)13-8-5-11(2)9-14-13;/h3-6,8-15H,1-2H3;3-6,8-9H,1-2H3;/q2*-1;. The third-order valence-corrected chi connectivity index (χ3v) is 7.87. The van der Waals surface area contributed by atoms with E-state index in [-0.39, 0.29) is 20.1 Å². The van der Waals surface area contributed by atoms with Crippen LogP contribution in [0.15, 0.2) is 114 Å². The molecule has 1 radical (unpaired) electrons. The maximum Gasteiger partial charge on any atom is 0.216 e. The fraction of sp³-hybridized carbons (Fsp3) is 0.100. The maximum atomic E-state index is 6.16. The van der Waals surface area contributed by atoms with E-state index in [2.05, 4.69) is 88.4 Å². The van der Waals surface area contributed by atoms with Gasteiger partial charge >= 0.3 is 0 Å². The van der Waals surface area contributed by atoms with Crippen molar-refractivity contribution in [3.05, 3.63) is 144 Å². The van der Waals surface area contributed by atoms with Gasteiger partial charge in [-0.3, -0.25) is 4.98 Å². The number of rotatable bonds is 3. The molecular weight excluding hydrogens is 745 g/mol. The van der Waals surface area contributed by atoms with Crippen LogP contribution >= 0.6 is 0 Å². The number of nitrogens with zero attached hydrogens (tertiary/aromatic N) is 4. The normalized spacial score (nSPS) is 10.9. The number of benzene rings is 3. The van der Waals surface area contributed by atoms with Gasteiger partial charge in [0.25, 0.3) is 0 Å². The van der Waals surface area contributed by atoms with Crippen LogP contribution in [0.5, 0.6) is 0 Å². The molecule has 46 heavy (non-hydrogen) atoms. The molecule has 227 valence electrons. The van der Waals surface area contributed by atoms with E-state index in [0.29, 0.717) is 5.71 Å². The Morgan fingerprint density at radius 3 is 2.37 bits per heavy atom. The SMILES string of the molecule is Cc1c[c-]c(-c2ccc(C)cn2)cc1.Cc1ccc2c(n1)oc1c(-c3cc(-c4cc5cccnc5cc4C)ccn3)[c-]ccc12.[Ir]. The van der Waals surface area contributed by atoms with Crippen molar-refractivity contribution in [2.75, 3.05) is 0 Å². The van der Waals surface area contributed by atoms with Crippen molar-refractivity contribution < 1.29 is 24.5 Å². The van der Waals surface area contributed by atoms with E-state index in [1.165, 1.54) is 22.3 Å². The van der Waals surface area contributed by atoms with Gasteiger partial charge in [0, 0.05) is 55.2 Å². The molecule has 0 aliphatic rings. The smallest absolute Gasteiger partial charge is 0.216 e. The predicted octanol–water partition coefficient (Wildman–Crippen LogP) is 9.84. The summed E-state index contributed by atoms with van der Waals surface area (Å²) >= 11 is 0. The fourth-order valence-corrected chi connectivity index (χ4v) is 5.46. The minimum absolute atomic E-state index is 0. The molecule has 0 aliphatic carbocycles. The van der Waals surface area contributed by atoms with Crippen LogP contribution < -0.4 is 0 Å². The summed E-state index contributed by atoms with van der Waals surface area (Å²) in [6, 6.07) is 37.3. The molecular formula is C40H30IrN4O-2. The van der Waals surface area contributed by atoms with Gasteiger partial charge in [0.2, 0.25) is 5.71 Å². The molecule has 0 saturated carbocycles. The van der Waals surface area contributed by atoms with Gasteiger partial charge in [-0.25, -0.2) is 4.98 Å². The zero-order valence-electron chi connectivity index (χ0n) is 25.9. The first kappa shape index (κ1) is 31.0. The Morgan fingerprint density at radius 1 is 0.696 bits per heavy atom. The van der Waals surface area contributed by atoms with E-state index in [9.17, 15) is 0 Å². The van der Waals surface area contributed by atoms with Crippen LogP contribution in [0.25, 0.3) is 66.6 Å². The predicted molar refractivity (Wildman–Crippen MR) is 182 cm³/mol. The van der Waals surface area contributed by atoms with Crippen molar-refractivity contribution in [1.82, 2.24) is 19.9 Å². The molecule has 0 N–H and O–H groups in total. The Kier molecular flexibility index (Phi) is 8.85. The quantitative estimate of drug-likeness (QED) is 0.167. The molecule has 0 bridgehead atoms. The van der Waals surface area contributed by atoms with Crippen molar-refractivity contribution in [2.24, 2.45) is 0 Å². The van der Waals surface area contributed by atoms with Gasteiger partial charge in [0.05, 0.1) is 11.1 Å². The molecule has 0 aliphatic heterocycles. The summed E-state index contributed by atoms with van der Waals surface area (Å²) in [5.41, 5.74) is 12.9. The van der Waals surface area contributed by atoms with Gasteiger partial charge in [-0.2, -0.15) is 0 Å². The first-order valence-corrected chi connectivity index (χ1v) is 14.9. The summed E-state index contributed by atoms with van der Waals surface area (Å²) < 4.78 is 6.16. The van der Waals surface area contributed by atoms with Gasteiger partial charge in [0.15, 0.2) is 0 Å². The minimum atomic E-state index is 0. The Morgan fingerprint density at radius 2 is 1.57 bits per heavy atom. The third kappa shape index (κ3) is 6.23. The number of aromatic nitrogens is 4. The number of furan rings is 1. The van der Waals surface area contributed by atoms with Gasteiger partial charge in [-0.1, -0.05) is 42.1 Å². The molecule has 0 spiro atoms. The van der Waals surface area contributed by atoms with Gasteiger partial charge in [-0.15, -0.1) is 53.6 Å². The Bertz CT molecular complexity index is 2270. The zero-order valence-corrected chi connectivity index (χ0v) is 28.3. The van der Waals surface area contributed by atoms with E-state index in [4.69, 9.17) is 4.42 Å². The van der Waals surface area contributed by atoms with Crippen LogP contribution in [0.1, 0.15) is 22.4 Å². The number of fused-ring (bicyclic) bond motifs is 4. The van der Waals surface area contributed by atoms with Crippen LogP contribution in [0.2, 0.25) is 0 Å². The van der Waals surface area contributed by atoms with E-state index < -0.39 is 0 Å². The second-order valence-corrected chi connectivity index (χ2v) is 11.3. The summed E-state index contributed by atoms with van der Waals surface area (Å²) in [6.07, 6.45) is 5.55. The molecule has 0 saturated heterocycles. The van der Waals surface area contributed by atoms with Crippen LogP contribution in [0.4, 0.5) is 0 Å². The molecule has 0 unspecified atom stereocenters. The van der Waals surface area contributed by atoms with Crippen LogP contribution in [-0.4, -0.2) is 19.9 Å². The van der Waals surface area contributed by atoms with E-state index in [0.717, 1.165) is 61.0 Å². The van der Waals surface area contributed by atoms with Crippen molar-refractivity contribution in [3.63, 3.8) is 0 Å². The minimum Gasteiger partial charge on any atom is -0.486 e. The molecule has 8 aromatic rings. The van der Waals surface area contributed by atoms with Crippen LogP contribution in [0, 0.1) is 39.8 Å². The molecule has 8 rings (SSSR count). The van der Waals surface area contributed by atoms with Crippen molar-refractivity contribution in [1.29, 1.82) is 0 Å². The molecule has 5 aromatic heterocycles. The number of pyridine rings is 4. The van der Waals surface area contributed by atoms with Gasteiger partial charge in [0.1, 0.15) is 0 Å². The van der Waals surface area contributed by atoms with Crippen molar-refractivity contribution in [3.8, 4) is 33.6 Å². The summed E-state index contributed by atoms with van der Waals surface area (Å²) in [6.45, 7) is 8.17. The molecule has 0 amide bonds. The average molecular weight is 775 g/mol. The Labute approximate surface area is 281 Å². The van der Waals surface area contributed by atoms with Gasteiger partial charge < -0.3 is 14.4 Å². The average Bonchev–Trinajstić information content (AvgIpc) is 3.43. The van der Waals surface area contributed by atoms with Crippen molar-refractivity contribution in [2.45, 2.75) is 27.7 Å². The van der Waals surface area contributed by atoms with Gasteiger partial charge in [-0.05, 0) is 90.8 Å². The van der Waals surface area contributed by atoms with Crippen molar-refractivity contribution >= 4 is 33.0 Å². The van der Waals surface area contributed by atoms with E-state index >= 15 is 0 Å². The Hall–Kier alpha value is -5.03. The second kappa shape index (κ2) is 13.1. The Balaban J connectivity index is 0.000000209. The first-order valence-electron chi connectivity index (χ1n) is 14.9. The number of hydrogen-bond acceptors (Lipinski definition) is 5. The van der Waals surface area contributed by atoms with E-state index in [1.54, 1.807) is 0 Å². The monoisotopic (exact) mass is 775 g/mol. The zero-order chi connectivity index (χ0) is 30.9. The number of hydrogen-bond donors (Lipinski definition) is 0. The maximum absolute atomic E-state index is 6.16.